The third kappa shape index (κ3) is 1.58. The SMILES string of the molecule is CC(N=N)c1cc(F)ccc1O. The fraction of sp³-hybridized carbons (Fsp3) is 0.250. The number of benzene rings is 1. The summed E-state index contributed by atoms with van der Waals surface area (Å²) in [6.45, 7) is 1.61. The van der Waals surface area contributed by atoms with Crippen LogP contribution in [0.5, 0.6) is 5.75 Å². The molecule has 0 aliphatic carbocycles. The zero-order valence-corrected chi connectivity index (χ0v) is 6.58. The van der Waals surface area contributed by atoms with Crippen molar-refractivity contribution in [3.05, 3.63) is 29.6 Å². The van der Waals surface area contributed by atoms with Gasteiger partial charge in [0.1, 0.15) is 11.6 Å². The predicted molar refractivity (Wildman–Crippen MR) is 41.6 cm³/mol. The van der Waals surface area contributed by atoms with Crippen molar-refractivity contribution in [1.82, 2.24) is 0 Å². The average Bonchev–Trinajstić information content (AvgIpc) is 2.08. The molecule has 1 aromatic rings. The molecule has 3 nitrogen and oxygen atoms in total. The Morgan fingerprint density at radius 3 is 2.83 bits per heavy atom. The lowest BCUT2D eigenvalue weighted by Crippen LogP contribution is -1.90. The van der Waals surface area contributed by atoms with E-state index in [-0.39, 0.29) is 5.75 Å². The van der Waals surface area contributed by atoms with Gasteiger partial charge in [-0.15, -0.1) is 0 Å². The van der Waals surface area contributed by atoms with Crippen LogP contribution in [-0.4, -0.2) is 5.11 Å². The predicted octanol–water partition coefficient (Wildman–Crippen LogP) is 2.62. The van der Waals surface area contributed by atoms with Crippen LogP contribution in [0.2, 0.25) is 0 Å². The third-order valence-corrected chi connectivity index (χ3v) is 1.63. The molecule has 4 heteroatoms. The van der Waals surface area contributed by atoms with Crippen molar-refractivity contribution in [3.8, 4) is 5.75 Å². The summed E-state index contributed by atoms with van der Waals surface area (Å²) in [5, 5.41) is 12.4. The summed E-state index contributed by atoms with van der Waals surface area (Å²) in [5.41, 5.74) is 7.04. The number of aromatic hydroxyl groups is 1. The molecule has 0 spiro atoms. The average molecular weight is 168 g/mol. The van der Waals surface area contributed by atoms with E-state index in [9.17, 15) is 9.50 Å². The Morgan fingerprint density at radius 1 is 1.58 bits per heavy atom. The van der Waals surface area contributed by atoms with E-state index in [1.165, 1.54) is 12.1 Å². The van der Waals surface area contributed by atoms with E-state index < -0.39 is 11.9 Å². The number of nitrogens with zero attached hydrogens (tertiary/aromatic N) is 1. The molecule has 1 aromatic carbocycles. The van der Waals surface area contributed by atoms with Crippen LogP contribution in [0.4, 0.5) is 4.39 Å². The van der Waals surface area contributed by atoms with Crippen LogP contribution in [0.1, 0.15) is 18.5 Å². The lowest BCUT2D eigenvalue weighted by molar-refractivity contribution is 0.459. The molecule has 0 radical (unpaired) electrons. The van der Waals surface area contributed by atoms with E-state index in [0.29, 0.717) is 5.56 Å². The highest BCUT2D eigenvalue weighted by Gasteiger charge is 2.09. The first-order valence-corrected chi connectivity index (χ1v) is 3.50. The first-order valence-electron chi connectivity index (χ1n) is 3.50. The van der Waals surface area contributed by atoms with Gasteiger partial charge in [-0.1, -0.05) is 0 Å². The Morgan fingerprint density at radius 2 is 2.25 bits per heavy atom. The number of halogens is 1. The topological polar surface area (TPSA) is 56.4 Å². The molecule has 64 valence electrons. The van der Waals surface area contributed by atoms with Crippen LogP contribution >= 0.6 is 0 Å². The summed E-state index contributed by atoms with van der Waals surface area (Å²) >= 11 is 0. The second kappa shape index (κ2) is 3.30. The minimum absolute atomic E-state index is 0.0279. The maximum Gasteiger partial charge on any atom is 0.123 e. The highest BCUT2D eigenvalue weighted by molar-refractivity contribution is 5.34. The van der Waals surface area contributed by atoms with E-state index >= 15 is 0 Å². The molecule has 1 rings (SSSR count). The van der Waals surface area contributed by atoms with Crippen molar-refractivity contribution in [3.63, 3.8) is 0 Å². The normalized spacial score (nSPS) is 12.5. The minimum Gasteiger partial charge on any atom is -0.508 e. The monoisotopic (exact) mass is 168 g/mol. The van der Waals surface area contributed by atoms with Gasteiger partial charge >= 0.3 is 0 Å². The highest BCUT2D eigenvalue weighted by atomic mass is 19.1. The van der Waals surface area contributed by atoms with Gasteiger partial charge in [0.2, 0.25) is 0 Å². The summed E-state index contributed by atoms with van der Waals surface area (Å²) in [4.78, 5) is 0. The van der Waals surface area contributed by atoms with Crippen molar-refractivity contribution in [2.24, 2.45) is 5.11 Å². The lowest BCUT2D eigenvalue weighted by atomic mass is 10.1. The first-order chi connectivity index (χ1) is 5.65. The van der Waals surface area contributed by atoms with Crippen LogP contribution < -0.4 is 0 Å². The van der Waals surface area contributed by atoms with Gasteiger partial charge in [0.25, 0.3) is 0 Å². The Balaban J connectivity index is 3.12. The zero-order chi connectivity index (χ0) is 9.14. The molecule has 2 N–H and O–H groups in total. The van der Waals surface area contributed by atoms with E-state index in [1.807, 2.05) is 0 Å². The summed E-state index contributed by atoms with van der Waals surface area (Å²) in [6, 6.07) is 3.10. The van der Waals surface area contributed by atoms with Gasteiger partial charge in [0.15, 0.2) is 0 Å². The molecular formula is C8H9FN2O. The fourth-order valence-corrected chi connectivity index (χ4v) is 0.930. The van der Waals surface area contributed by atoms with Gasteiger partial charge in [0, 0.05) is 5.56 Å². The maximum absolute atomic E-state index is 12.6. The summed E-state index contributed by atoms with van der Waals surface area (Å²) in [5.74, 6) is -0.460. The molecule has 1 unspecified atom stereocenters. The molecular weight excluding hydrogens is 159 g/mol. The maximum atomic E-state index is 12.6. The van der Waals surface area contributed by atoms with Crippen molar-refractivity contribution in [2.45, 2.75) is 13.0 Å². The van der Waals surface area contributed by atoms with Crippen molar-refractivity contribution < 1.29 is 9.50 Å². The van der Waals surface area contributed by atoms with Crippen molar-refractivity contribution >= 4 is 0 Å². The number of hydrogen-bond donors (Lipinski definition) is 2. The van der Waals surface area contributed by atoms with Crippen LogP contribution in [0, 0.1) is 11.3 Å². The number of rotatable bonds is 2. The van der Waals surface area contributed by atoms with Gasteiger partial charge < -0.3 is 5.11 Å². The van der Waals surface area contributed by atoms with Gasteiger partial charge in [0.05, 0.1) is 6.04 Å². The number of phenols is 1. The Hall–Kier alpha value is -1.45. The van der Waals surface area contributed by atoms with Crippen LogP contribution in [0.3, 0.4) is 0 Å². The van der Waals surface area contributed by atoms with E-state index in [2.05, 4.69) is 5.11 Å². The zero-order valence-electron chi connectivity index (χ0n) is 6.58. The van der Waals surface area contributed by atoms with Gasteiger partial charge in [-0.05, 0) is 25.1 Å². The van der Waals surface area contributed by atoms with Crippen LogP contribution in [0.25, 0.3) is 0 Å². The number of phenolic OH excluding ortho intramolecular Hbond substituents is 1. The second-order valence-electron chi connectivity index (χ2n) is 2.51. The Labute approximate surface area is 69.4 Å². The van der Waals surface area contributed by atoms with E-state index in [1.54, 1.807) is 6.92 Å². The quantitative estimate of drug-likeness (QED) is 0.655. The lowest BCUT2D eigenvalue weighted by Gasteiger charge is -2.06. The first kappa shape index (κ1) is 8.64. The molecule has 0 fully saturated rings. The molecule has 0 saturated heterocycles. The number of nitrogens with one attached hydrogen (secondary N) is 1. The molecule has 0 saturated carbocycles. The molecule has 0 aliphatic heterocycles. The van der Waals surface area contributed by atoms with E-state index in [0.717, 1.165) is 6.07 Å². The smallest absolute Gasteiger partial charge is 0.123 e. The minimum atomic E-state index is -0.499. The molecule has 12 heavy (non-hydrogen) atoms. The van der Waals surface area contributed by atoms with Crippen LogP contribution in [-0.2, 0) is 0 Å². The largest absolute Gasteiger partial charge is 0.508 e. The third-order valence-electron chi connectivity index (χ3n) is 1.63. The molecule has 1 atom stereocenters. The Bertz CT molecular complexity index is 301. The van der Waals surface area contributed by atoms with Gasteiger partial charge in [-0.2, -0.15) is 5.11 Å². The molecule has 0 aliphatic rings. The van der Waals surface area contributed by atoms with Crippen LogP contribution in [0.15, 0.2) is 23.3 Å². The molecule has 0 aromatic heterocycles. The summed E-state index contributed by atoms with van der Waals surface area (Å²) in [6.07, 6.45) is 0. The van der Waals surface area contributed by atoms with Crippen molar-refractivity contribution in [2.75, 3.05) is 0 Å². The standard InChI is InChI=1S/C8H9FN2O/c1-5(11-10)7-4-6(9)2-3-8(7)12/h2-5,10,12H,1H3. The number of hydrogen-bond acceptors (Lipinski definition) is 3. The Kier molecular flexibility index (Phi) is 2.38. The fourth-order valence-electron chi connectivity index (χ4n) is 0.930. The second-order valence-corrected chi connectivity index (χ2v) is 2.51. The molecule has 0 heterocycles. The van der Waals surface area contributed by atoms with Gasteiger partial charge in [-0.3, -0.25) is 0 Å². The van der Waals surface area contributed by atoms with Gasteiger partial charge in [-0.25, -0.2) is 9.92 Å². The van der Waals surface area contributed by atoms with Crippen molar-refractivity contribution in [1.29, 1.82) is 5.53 Å². The summed E-state index contributed by atoms with van der Waals surface area (Å²) < 4.78 is 12.6. The highest BCUT2D eigenvalue weighted by Crippen LogP contribution is 2.26. The summed E-state index contributed by atoms with van der Waals surface area (Å²) in [7, 11) is 0. The molecule has 0 amide bonds. The molecule has 0 bridgehead atoms. The van der Waals surface area contributed by atoms with E-state index in [4.69, 9.17) is 5.53 Å².